The van der Waals surface area contributed by atoms with Crippen molar-refractivity contribution in [2.45, 2.75) is 18.9 Å². The van der Waals surface area contributed by atoms with Gasteiger partial charge in [-0.3, -0.25) is 0 Å². The third kappa shape index (κ3) is 2.67. The summed E-state index contributed by atoms with van der Waals surface area (Å²) >= 11 is 0. The molecule has 0 aliphatic rings. The van der Waals surface area contributed by atoms with Crippen molar-refractivity contribution in [2.24, 2.45) is 0 Å². The molecule has 2 heteroatoms. The molecule has 0 aliphatic heterocycles. The zero-order valence-electron chi connectivity index (χ0n) is 9.15. The van der Waals surface area contributed by atoms with Crippen molar-refractivity contribution >= 4 is 0 Å². The van der Waals surface area contributed by atoms with Gasteiger partial charge in [-0.05, 0) is 12.0 Å². The highest BCUT2D eigenvalue weighted by molar-refractivity contribution is 5.27. The molecule has 0 aromatic heterocycles. The number of hydrogen-bond donors (Lipinski definition) is 1. The Morgan fingerprint density at radius 2 is 2.07 bits per heavy atom. The summed E-state index contributed by atoms with van der Waals surface area (Å²) in [6, 6.07) is 9.67. The minimum absolute atomic E-state index is 0.0828. The number of ether oxygens (including phenoxy) is 1. The molecule has 0 spiro atoms. The van der Waals surface area contributed by atoms with Gasteiger partial charge in [0.2, 0.25) is 0 Å². The zero-order chi connectivity index (χ0) is 11.1. The molecule has 15 heavy (non-hydrogen) atoms. The van der Waals surface area contributed by atoms with Crippen molar-refractivity contribution in [3.63, 3.8) is 0 Å². The number of aliphatic hydroxyl groups is 1. The van der Waals surface area contributed by atoms with E-state index in [9.17, 15) is 5.11 Å². The van der Waals surface area contributed by atoms with Gasteiger partial charge in [0.1, 0.15) is 5.60 Å². The Labute approximate surface area is 91.2 Å². The molecule has 0 fully saturated rings. The van der Waals surface area contributed by atoms with Crippen LogP contribution in [-0.4, -0.2) is 18.3 Å². The molecule has 1 atom stereocenters. The first-order valence-electron chi connectivity index (χ1n) is 5.23. The first kappa shape index (κ1) is 12.0. The van der Waals surface area contributed by atoms with Crippen molar-refractivity contribution in [1.29, 1.82) is 0 Å². The Hall–Kier alpha value is -1.12. The molecule has 1 N–H and O–H groups in total. The predicted octanol–water partition coefficient (Wildman–Crippen LogP) is 2.49. The van der Waals surface area contributed by atoms with Crippen LogP contribution in [0.25, 0.3) is 0 Å². The molecule has 0 heterocycles. The standard InChI is InChI=1S/C13H18O2/c1-3-10-15-13(4-2,11-14)12-8-6-5-7-9-12/h4-9,14H,2-3,10-11H2,1H3. The van der Waals surface area contributed by atoms with Gasteiger partial charge in [0.05, 0.1) is 6.61 Å². The van der Waals surface area contributed by atoms with Crippen LogP contribution in [0.15, 0.2) is 43.0 Å². The maximum Gasteiger partial charge on any atom is 0.134 e. The molecular weight excluding hydrogens is 188 g/mol. The highest BCUT2D eigenvalue weighted by Gasteiger charge is 2.28. The number of hydrogen-bond acceptors (Lipinski definition) is 2. The Morgan fingerprint density at radius 3 is 2.53 bits per heavy atom. The molecule has 2 nitrogen and oxygen atoms in total. The normalized spacial score (nSPS) is 14.5. The summed E-state index contributed by atoms with van der Waals surface area (Å²) in [6.45, 7) is 6.32. The van der Waals surface area contributed by atoms with Crippen LogP contribution in [0.2, 0.25) is 0 Å². The van der Waals surface area contributed by atoms with Gasteiger partial charge in [-0.2, -0.15) is 0 Å². The summed E-state index contributed by atoms with van der Waals surface area (Å²) in [4.78, 5) is 0. The molecule has 0 aliphatic carbocycles. The molecular formula is C13H18O2. The van der Waals surface area contributed by atoms with E-state index < -0.39 is 5.60 Å². The van der Waals surface area contributed by atoms with Crippen LogP contribution in [0.4, 0.5) is 0 Å². The fraction of sp³-hybridized carbons (Fsp3) is 0.385. The molecule has 0 bridgehead atoms. The van der Waals surface area contributed by atoms with E-state index in [2.05, 4.69) is 6.58 Å². The van der Waals surface area contributed by atoms with Crippen molar-refractivity contribution in [2.75, 3.05) is 13.2 Å². The first-order valence-corrected chi connectivity index (χ1v) is 5.23. The monoisotopic (exact) mass is 206 g/mol. The molecule has 0 amide bonds. The number of benzene rings is 1. The summed E-state index contributed by atoms with van der Waals surface area (Å²) in [7, 11) is 0. The van der Waals surface area contributed by atoms with Crippen LogP contribution >= 0.6 is 0 Å². The van der Waals surface area contributed by atoms with E-state index in [1.807, 2.05) is 37.3 Å². The van der Waals surface area contributed by atoms with E-state index in [-0.39, 0.29) is 6.61 Å². The second-order valence-corrected chi connectivity index (χ2v) is 3.47. The summed E-state index contributed by atoms with van der Waals surface area (Å²) in [5, 5.41) is 9.46. The van der Waals surface area contributed by atoms with Gasteiger partial charge in [-0.15, -0.1) is 0 Å². The molecule has 1 unspecified atom stereocenters. The van der Waals surface area contributed by atoms with Gasteiger partial charge in [-0.1, -0.05) is 49.9 Å². The molecule has 1 aromatic carbocycles. The van der Waals surface area contributed by atoms with Crippen LogP contribution in [0, 0.1) is 0 Å². The van der Waals surface area contributed by atoms with Gasteiger partial charge >= 0.3 is 0 Å². The SMILES string of the molecule is C=CC(CO)(OCCC)c1ccccc1. The lowest BCUT2D eigenvalue weighted by atomic mass is 9.94. The maximum atomic E-state index is 9.46. The zero-order valence-corrected chi connectivity index (χ0v) is 9.15. The third-order valence-electron chi connectivity index (χ3n) is 2.39. The largest absolute Gasteiger partial charge is 0.393 e. The lowest BCUT2D eigenvalue weighted by Crippen LogP contribution is -2.31. The van der Waals surface area contributed by atoms with E-state index in [1.54, 1.807) is 6.08 Å². The molecule has 1 rings (SSSR count). The summed E-state index contributed by atoms with van der Waals surface area (Å²) in [6.07, 6.45) is 2.58. The van der Waals surface area contributed by atoms with E-state index >= 15 is 0 Å². The van der Waals surface area contributed by atoms with Crippen LogP contribution in [0.5, 0.6) is 0 Å². The van der Waals surface area contributed by atoms with Crippen molar-refractivity contribution in [1.82, 2.24) is 0 Å². The van der Waals surface area contributed by atoms with Gasteiger partial charge < -0.3 is 9.84 Å². The van der Waals surface area contributed by atoms with E-state index in [0.717, 1.165) is 12.0 Å². The molecule has 0 saturated carbocycles. The second kappa shape index (κ2) is 5.69. The summed E-state index contributed by atoms with van der Waals surface area (Å²) < 4.78 is 5.70. The number of aliphatic hydroxyl groups excluding tert-OH is 1. The van der Waals surface area contributed by atoms with Crippen LogP contribution in [-0.2, 0) is 10.3 Å². The van der Waals surface area contributed by atoms with Crippen LogP contribution in [0.3, 0.4) is 0 Å². The molecule has 0 saturated heterocycles. The Balaban J connectivity index is 2.94. The topological polar surface area (TPSA) is 29.5 Å². The lowest BCUT2D eigenvalue weighted by molar-refractivity contribution is -0.0493. The smallest absolute Gasteiger partial charge is 0.134 e. The maximum absolute atomic E-state index is 9.46. The first-order chi connectivity index (χ1) is 7.29. The molecule has 82 valence electrons. The average Bonchev–Trinajstić information content (AvgIpc) is 2.33. The van der Waals surface area contributed by atoms with Gasteiger partial charge in [0.25, 0.3) is 0 Å². The summed E-state index contributed by atoms with van der Waals surface area (Å²) in [5.41, 5.74) is 0.188. The Bertz CT molecular complexity index is 295. The highest BCUT2D eigenvalue weighted by atomic mass is 16.5. The predicted molar refractivity (Wildman–Crippen MR) is 61.6 cm³/mol. The second-order valence-electron chi connectivity index (χ2n) is 3.47. The van der Waals surface area contributed by atoms with E-state index in [1.165, 1.54) is 0 Å². The quantitative estimate of drug-likeness (QED) is 0.725. The van der Waals surface area contributed by atoms with Crippen LogP contribution < -0.4 is 0 Å². The molecule has 0 radical (unpaired) electrons. The van der Waals surface area contributed by atoms with Crippen molar-refractivity contribution < 1.29 is 9.84 Å². The highest BCUT2D eigenvalue weighted by Crippen LogP contribution is 2.26. The molecule has 1 aromatic rings. The van der Waals surface area contributed by atoms with E-state index in [4.69, 9.17) is 4.74 Å². The fourth-order valence-electron chi connectivity index (χ4n) is 1.47. The average molecular weight is 206 g/mol. The van der Waals surface area contributed by atoms with Crippen molar-refractivity contribution in [3.05, 3.63) is 48.6 Å². The minimum Gasteiger partial charge on any atom is -0.393 e. The number of rotatable bonds is 6. The van der Waals surface area contributed by atoms with Gasteiger partial charge in [0.15, 0.2) is 0 Å². The van der Waals surface area contributed by atoms with Crippen molar-refractivity contribution in [3.8, 4) is 0 Å². The minimum atomic E-state index is -0.753. The Kier molecular flexibility index (Phi) is 4.53. The third-order valence-corrected chi connectivity index (χ3v) is 2.39. The van der Waals surface area contributed by atoms with Gasteiger partial charge in [-0.25, -0.2) is 0 Å². The fourth-order valence-corrected chi connectivity index (χ4v) is 1.47. The summed E-state index contributed by atoms with van der Waals surface area (Å²) in [5.74, 6) is 0. The van der Waals surface area contributed by atoms with E-state index in [0.29, 0.717) is 6.61 Å². The van der Waals surface area contributed by atoms with Crippen LogP contribution in [0.1, 0.15) is 18.9 Å². The lowest BCUT2D eigenvalue weighted by Gasteiger charge is -2.29. The Morgan fingerprint density at radius 1 is 1.40 bits per heavy atom. The van der Waals surface area contributed by atoms with Gasteiger partial charge in [0, 0.05) is 6.61 Å².